The zero-order valence-corrected chi connectivity index (χ0v) is 9.99. The Hall–Kier alpha value is -1.51. The molecule has 1 aromatic carbocycles. The van der Waals surface area contributed by atoms with E-state index in [9.17, 15) is 4.79 Å². The number of rotatable bonds is 5. The molecule has 3 heteroatoms. The summed E-state index contributed by atoms with van der Waals surface area (Å²) in [6.45, 7) is 4.82. The van der Waals surface area contributed by atoms with Crippen molar-refractivity contribution in [2.45, 2.75) is 33.2 Å². The Morgan fingerprint density at radius 3 is 2.50 bits per heavy atom. The molecule has 0 aliphatic rings. The molecule has 0 atom stereocenters. The molecule has 0 aliphatic carbocycles. The van der Waals surface area contributed by atoms with Crippen LogP contribution in [-0.4, -0.2) is 5.91 Å². The molecule has 1 rings (SSSR count). The highest BCUT2D eigenvalue weighted by Crippen LogP contribution is 2.06. The number of hydrogen-bond acceptors (Lipinski definition) is 2. The molecule has 0 aromatic heterocycles. The topological polar surface area (TPSA) is 55.1 Å². The monoisotopic (exact) mass is 220 g/mol. The van der Waals surface area contributed by atoms with Crippen LogP contribution in [0.5, 0.6) is 0 Å². The summed E-state index contributed by atoms with van der Waals surface area (Å²) in [5, 5.41) is 2.89. The van der Waals surface area contributed by atoms with Gasteiger partial charge in [-0.1, -0.05) is 26.0 Å². The maximum Gasteiger partial charge on any atom is 0.220 e. The van der Waals surface area contributed by atoms with E-state index in [1.165, 1.54) is 0 Å². The van der Waals surface area contributed by atoms with E-state index in [1.807, 2.05) is 24.3 Å². The second-order valence-electron chi connectivity index (χ2n) is 4.45. The lowest BCUT2D eigenvalue weighted by Gasteiger charge is -2.07. The number of carbonyl (C=O) groups excluding carboxylic acids is 1. The van der Waals surface area contributed by atoms with Gasteiger partial charge in [0.05, 0.1) is 0 Å². The van der Waals surface area contributed by atoms with E-state index in [2.05, 4.69) is 19.2 Å². The minimum atomic E-state index is 0.116. The molecular formula is C13H20N2O. The molecule has 0 radical (unpaired) electrons. The van der Waals surface area contributed by atoms with Crippen molar-refractivity contribution >= 4 is 11.6 Å². The highest BCUT2D eigenvalue weighted by atomic mass is 16.1. The van der Waals surface area contributed by atoms with E-state index in [0.29, 0.717) is 18.9 Å². The van der Waals surface area contributed by atoms with Crippen molar-refractivity contribution in [2.75, 3.05) is 5.73 Å². The molecule has 0 saturated heterocycles. The Kier molecular flexibility index (Phi) is 4.83. The molecule has 0 bridgehead atoms. The van der Waals surface area contributed by atoms with Crippen LogP contribution in [0.25, 0.3) is 0 Å². The minimum absolute atomic E-state index is 0.116. The Morgan fingerprint density at radius 1 is 1.31 bits per heavy atom. The smallest absolute Gasteiger partial charge is 0.220 e. The molecule has 1 amide bonds. The van der Waals surface area contributed by atoms with E-state index in [1.54, 1.807) is 0 Å². The van der Waals surface area contributed by atoms with E-state index in [4.69, 9.17) is 5.73 Å². The third-order valence-corrected chi connectivity index (χ3v) is 2.42. The number of nitrogens with two attached hydrogens (primary N) is 1. The average Bonchev–Trinajstić information content (AvgIpc) is 2.25. The van der Waals surface area contributed by atoms with Gasteiger partial charge in [0.25, 0.3) is 0 Å². The first-order valence-corrected chi connectivity index (χ1v) is 5.69. The van der Waals surface area contributed by atoms with Crippen LogP contribution >= 0.6 is 0 Å². The molecule has 1 aromatic rings. The van der Waals surface area contributed by atoms with Crippen LogP contribution in [0.4, 0.5) is 5.69 Å². The number of nitrogens with one attached hydrogen (secondary N) is 1. The van der Waals surface area contributed by atoms with Crippen LogP contribution in [0, 0.1) is 5.92 Å². The lowest BCUT2D eigenvalue weighted by Crippen LogP contribution is -2.22. The molecule has 0 spiro atoms. The van der Waals surface area contributed by atoms with Crippen LogP contribution in [-0.2, 0) is 11.3 Å². The Morgan fingerprint density at radius 2 is 1.94 bits per heavy atom. The zero-order chi connectivity index (χ0) is 12.0. The Labute approximate surface area is 97.0 Å². The van der Waals surface area contributed by atoms with Gasteiger partial charge in [0.1, 0.15) is 0 Å². The second-order valence-corrected chi connectivity index (χ2v) is 4.45. The fraction of sp³-hybridized carbons (Fsp3) is 0.462. The summed E-state index contributed by atoms with van der Waals surface area (Å²) >= 11 is 0. The summed E-state index contributed by atoms with van der Waals surface area (Å²) in [6.07, 6.45) is 1.54. The van der Waals surface area contributed by atoms with Crippen molar-refractivity contribution in [3.8, 4) is 0 Å². The quantitative estimate of drug-likeness (QED) is 0.748. The van der Waals surface area contributed by atoms with Crippen LogP contribution in [0.1, 0.15) is 32.3 Å². The fourth-order valence-electron chi connectivity index (χ4n) is 1.34. The lowest BCUT2D eigenvalue weighted by molar-refractivity contribution is -0.121. The molecule has 0 fully saturated rings. The summed E-state index contributed by atoms with van der Waals surface area (Å²) in [7, 11) is 0. The van der Waals surface area contributed by atoms with E-state index >= 15 is 0 Å². The maximum absolute atomic E-state index is 11.5. The third-order valence-electron chi connectivity index (χ3n) is 2.42. The van der Waals surface area contributed by atoms with Gasteiger partial charge in [0, 0.05) is 18.7 Å². The molecule has 0 unspecified atom stereocenters. The molecule has 3 N–H and O–H groups in total. The first kappa shape index (κ1) is 12.6. The number of nitrogen functional groups attached to an aromatic ring is 1. The van der Waals surface area contributed by atoms with Crippen LogP contribution < -0.4 is 11.1 Å². The van der Waals surface area contributed by atoms with Gasteiger partial charge in [0.15, 0.2) is 0 Å². The summed E-state index contributed by atoms with van der Waals surface area (Å²) in [5.41, 5.74) is 7.40. The first-order valence-electron chi connectivity index (χ1n) is 5.69. The van der Waals surface area contributed by atoms with Crippen molar-refractivity contribution in [3.63, 3.8) is 0 Å². The van der Waals surface area contributed by atoms with Crippen molar-refractivity contribution in [1.82, 2.24) is 5.32 Å². The SMILES string of the molecule is CC(C)CCC(=O)NCc1ccc(N)cc1. The van der Waals surface area contributed by atoms with Crippen molar-refractivity contribution in [2.24, 2.45) is 5.92 Å². The minimum Gasteiger partial charge on any atom is -0.399 e. The summed E-state index contributed by atoms with van der Waals surface area (Å²) in [5.74, 6) is 0.688. The van der Waals surface area contributed by atoms with Gasteiger partial charge in [-0.05, 0) is 30.0 Å². The molecule has 0 aliphatic heterocycles. The van der Waals surface area contributed by atoms with Crippen molar-refractivity contribution < 1.29 is 4.79 Å². The van der Waals surface area contributed by atoms with E-state index in [0.717, 1.165) is 17.7 Å². The van der Waals surface area contributed by atoms with Gasteiger partial charge in [-0.25, -0.2) is 0 Å². The van der Waals surface area contributed by atoms with Crippen LogP contribution in [0.3, 0.4) is 0 Å². The summed E-state index contributed by atoms with van der Waals surface area (Å²) in [4.78, 5) is 11.5. The van der Waals surface area contributed by atoms with E-state index < -0.39 is 0 Å². The Balaban J connectivity index is 2.29. The molecular weight excluding hydrogens is 200 g/mol. The first-order chi connectivity index (χ1) is 7.58. The third kappa shape index (κ3) is 4.82. The predicted octanol–water partition coefficient (Wildman–Crippen LogP) is 2.32. The van der Waals surface area contributed by atoms with Gasteiger partial charge in [-0.15, -0.1) is 0 Å². The number of hydrogen-bond donors (Lipinski definition) is 2. The van der Waals surface area contributed by atoms with Crippen molar-refractivity contribution in [1.29, 1.82) is 0 Å². The second kappa shape index (κ2) is 6.16. The molecule has 0 heterocycles. The normalized spacial score (nSPS) is 10.4. The van der Waals surface area contributed by atoms with Gasteiger partial charge in [0.2, 0.25) is 5.91 Å². The highest BCUT2D eigenvalue weighted by molar-refractivity contribution is 5.75. The zero-order valence-electron chi connectivity index (χ0n) is 9.99. The standard InChI is InChI=1S/C13H20N2O/c1-10(2)3-8-13(16)15-9-11-4-6-12(14)7-5-11/h4-7,10H,3,8-9,14H2,1-2H3,(H,15,16). The number of amides is 1. The molecule has 16 heavy (non-hydrogen) atoms. The van der Waals surface area contributed by atoms with Crippen LogP contribution in [0.15, 0.2) is 24.3 Å². The van der Waals surface area contributed by atoms with E-state index in [-0.39, 0.29) is 5.91 Å². The number of anilines is 1. The van der Waals surface area contributed by atoms with Gasteiger partial charge in [-0.2, -0.15) is 0 Å². The number of benzene rings is 1. The largest absolute Gasteiger partial charge is 0.399 e. The fourth-order valence-corrected chi connectivity index (χ4v) is 1.34. The van der Waals surface area contributed by atoms with Gasteiger partial charge in [-0.3, -0.25) is 4.79 Å². The molecule has 3 nitrogen and oxygen atoms in total. The van der Waals surface area contributed by atoms with Crippen LogP contribution in [0.2, 0.25) is 0 Å². The average molecular weight is 220 g/mol. The summed E-state index contributed by atoms with van der Waals surface area (Å²) < 4.78 is 0. The predicted molar refractivity (Wildman–Crippen MR) is 66.8 cm³/mol. The van der Waals surface area contributed by atoms with Gasteiger partial charge < -0.3 is 11.1 Å². The Bertz CT molecular complexity index is 330. The number of carbonyl (C=O) groups is 1. The molecule has 88 valence electrons. The highest BCUT2D eigenvalue weighted by Gasteiger charge is 2.02. The summed E-state index contributed by atoms with van der Waals surface area (Å²) in [6, 6.07) is 7.54. The van der Waals surface area contributed by atoms with Gasteiger partial charge >= 0.3 is 0 Å². The molecule has 0 saturated carbocycles. The lowest BCUT2D eigenvalue weighted by atomic mass is 10.1. The van der Waals surface area contributed by atoms with Crippen molar-refractivity contribution in [3.05, 3.63) is 29.8 Å². The maximum atomic E-state index is 11.5.